The number of carboxylic acids is 1. The van der Waals surface area contributed by atoms with E-state index in [0.717, 1.165) is 0 Å². The first-order chi connectivity index (χ1) is 8.68. The fraction of sp³-hybridized carbons (Fsp3) is 0.267. The minimum Gasteiger partial charge on any atom is -0.480 e. The summed E-state index contributed by atoms with van der Waals surface area (Å²) in [6, 6.07) is 14.3. The molecule has 1 aliphatic heterocycles. The highest BCUT2D eigenvalue weighted by Gasteiger charge is 2.44. The van der Waals surface area contributed by atoms with Crippen LogP contribution < -0.4 is 0 Å². The average molecular weight is 241 g/mol. The molecule has 3 heteroatoms. The Hall–Kier alpha value is -1.87. The van der Waals surface area contributed by atoms with Crippen LogP contribution in [0.3, 0.4) is 0 Å². The van der Waals surface area contributed by atoms with Crippen LogP contribution in [0.15, 0.2) is 42.5 Å². The minimum atomic E-state index is -0.720. The summed E-state index contributed by atoms with van der Waals surface area (Å²) in [5.41, 5.74) is 1.21. The van der Waals surface area contributed by atoms with Crippen molar-refractivity contribution >= 4 is 16.7 Å². The van der Waals surface area contributed by atoms with Crippen LogP contribution in [0.4, 0.5) is 0 Å². The molecule has 18 heavy (non-hydrogen) atoms. The molecule has 2 aromatic carbocycles. The van der Waals surface area contributed by atoms with E-state index < -0.39 is 5.97 Å². The summed E-state index contributed by atoms with van der Waals surface area (Å²) < 4.78 is 0. The largest absolute Gasteiger partial charge is 0.480 e. The van der Waals surface area contributed by atoms with Gasteiger partial charge in [0, 0.05) is 12.6 Å². The first-order valence-electron chi connectivity index (χ1n) is 6.14. The Morgan fingerprint density at radius 2 is 2.00 bits per heavy atom. The van der Waals surface area contributed by atoms with Crippen LogP contribution in [-0.4, -0.2) is 28.6 Å². The quantitative estimate of drug-likeness (QED) is 0.840. The SMILES string of the molecule is CC(c1cccc2ccccc12)N1CC1C(=O)O. The number of nitrogens with zero attached hydrogens (tertiary/aromatic N) is 1. The first-order valence-corrected chi connectivity index (χ1v) is 6.14. The lowest BCUT2D eigenvalue weighted by molar-refractivity contribution is -0.137. The molecule has 0 radical (unpaired) electrons. The Morgan fingerprint density at radius 1 is 1.28 bits per heavy atom. The van der Waals surface area contributed by atoms with Crippen LogP contribution in [0, 0.1) is 0 Å². The number of benzene rings is 2. The van der Waals surface area contributed by atoms with Crippen molar-refractivity contribution in [1.29, 1.82) is 0 Å². The summed E-state index contributed by atoms with van der Waals surface area (Å²) >= 11 is 0. The second kappa shape index (κ2) is 4.10. The van der Waals surface area contributed by atoms with Gasteiger partial charge in [-0.2, -0.15) is 0 Å². The third-order valence-electron chi connectivity index (χ3n) is 3.71. The Balaban J connectivity index is 1.97. The molecule has 1 saturated heterocycles. The van der Waals surface area contributed by atoms with Gasteiger partial charge in [0.25, 0.3) is 0 Å². The van der Waals surface area contributed by atoms with E-state index in [1.54, 1.807) is 0 Å². The van der Waals surface area contributed by atoms with Gasteiger partial charge >= 0.3 is 5.97 Å². The van der Waals surface area contributed by atoms with Gasteiger partial charge in [0.1, 0.15) is 6.04 Å². The minimum absolute atomic E-state index is 0.150. The van der Waals surface area contributed by atoms with Crippen LogP contribution in [0.5, 0.6) is 0 Å². The summed E-state index contributed by atoms with van der Waals surface area (Å²) in [4.78, 5) is 12.9. The van der Waals surface area contributed by atoms with E-state index in [-0.39, 0.29) is 12.1 Å². The number of carbonyl (C=O) groups is 1. The molecule has 0 bridgehead atoms. The normalized spacial score (nSPS) is 23.8. The molecule has 0 saturated carbocycles. The maximum atomic E-state index is 10.9. The van der Waals surface area contributed by atoms with Gasteiger partial charge in [-0.05, 0) is 23.3 Å². The van der Waals surface area contributed by atoms with E-state index in [1.165, 1.54) is 16.3 Å². The summed E-state index contributed by atoms with van der Waals surface area (Å²) in [7, 11) is 0. The molecule has 0 aromatic heterocycles. The van der Waals surface area contributed by atoms with Gasteiger partial charge in [0.05, 0.1) is 0 Å². The topological polar surface area (TPSA) is 40.3 Å². The van der Waals surface area contributed by atoms with Crippen LogP contribution in [0.25, 0.3) is 10.8 Å². The van der Waals surface area contributed by atoms with Gasteiger partial charge in [0.2, 0.25) is 0 Å². The summed E-state index contributed by atoms with van der Waals surface area (Å²) in [5, 5.41) is 11.4. The van der Waals surface area contributed by atoms with Gasteiger partial charge in [-0.3, -0.25) is 9.69 Å². The third-order valence-corrected chi connectivity index (χ3v) is 3.71. The van der Waals surface area contributed by atoms with Crippen molar-refractivity contribution in [1.82, 2.24) is 4.90 Å². The van der Waals surface area contributed by atoms with Crippen LogP contribution in [-0.2, 0) is 4.79 Å². The molecule has 2 aromatic rings. The summed E-state index contributed by atoms with van der Waals surface area (Å²) in [6.45, 7) is 2.73. The average Bonchev–Trinajstić information content (AvgIpc) is 3.17. The van der Waals surface area contributed by atoms with Crippen LogP contribution >= 0.6 is 0 Å². The van der Waals surface area contributed by atoms with E-state index in [4.69, 9.17) is 5.11 Å². The van der Waals surface area contributed by atoms with Crippen molar-refractivity contribution in [2.45, 2.75) is 19.0 Å². The van der Waals surface area contributed by atoms with Crippen LogP contribution in [0.2, 0.25) is 0 Å². The Kier molecular flexibility index (Phi) is 2.56. The molecule has 1 heterocycles. The highest BCUT2D eigenvalue weighted by molar-refractivity contribution is 5.86. The second-order valence-electron chi connectivity index (χ2n) is 4.80. The van der Waals surface area contributed by atoms with Crippen LogP contribution in [0.1, 0.15) is 18.5 Å². The number of fused-ring (bicyclic) bond motifs is 1. The summed E-state index contributed by atoms with van der Waals surface area (Å²) in [6.07, 6.45) is 0. The van der Waals surface area contributed by atoms with Crippen molar-refractivity contribution in [2.75, 3.05) is 6.54 Å². The van der Waals surface area contributed by atoms with Crippen molar-refractivity contribution in [2.24, 2.45) is 0 Å². The lowest BCUT2D eigenvalue weighted by Gasteiger charge is -2.16. The molecular formula is C15H15NO2. The molecule has 3 rings (SSSR count). The highest BCUT2D eigenvalue weighted by atomic mass is 16.4. The maximum Gasteiger partial charge on any atom is 0.322 e. The predicted molar refractivity (Wildman–Crippen MR) is 70.5 cm³/mol. The molecule has 1 aliphatic rings. The highest BCUT2D eigenvalue weighted by Crippen LogP contribution is 2.35. The molecule has 0 aliphatic carbocycles. The number of hydrogen-bond donors (Lipinski definition) is 1. The van der Waals surface area contributed by atoms with Crippen molar-refractivity contribution in [3.63, 3.8) is 0 Å². The van der Waals surface area contributed by atoms with E-state index >= 15 is 0 Å². The predicted octanol–water partition coefficient (Wildman–Crippen LogP) is 2.67. The van der Waals surface area contributed by atoms with Crippen molar-refractivity contribution < 1.29 is 9.90 Å². The zero-order chi connectivity index (χ0) is 12.7. The molecule has 1 N–H and O–H groups in total. The van der Waals surface area contributed by atoms with Crippen molar-refractivity contribution in [3.8, 4) is 0 Å². The Labute approximate surface area is 106 Å². The standard InChI is InChI=1S/C15H15NO2/c1-10(16-9-14(16)15(17)18)12-8-4-6-11-5-2-3-7-13(11)12/h2-8,10,14H,9H2,1H3,(H,17,18). The fourth-order valence-corrected chi connectivity index (χ4v) is 2.59. The third kappa shape index (κ3) is 1.77. The number of rotatable bonds is 3. The van der Waals surface area contributed by atoms with E-state index in [2.05, 4.69) is 31.2 Å². The lowest BCUT2D eigenvalue weighted by Crippen LogP contribution is -2.15. The number of hydrogen-bond acceptors (Lipinski definition) is 2. The van der Waals surface area contributed by atoms with E-state index in [0.29, 0.717) is 6.54 Å². The van der Waals surface area contributed by atoms with Crippen molar-refractivity contribution in [3.05, 3.63) is 48.0 Å². The lowest BCUT2D eigenvalue weighted by atomic mass is 10.00. The van der Waals surface area contributed by atoms with Gasteiger partial charge < -0.3 is 5.11 Å². The Bertz CT molecular complexity index is 603. The number of aliphatic carboxylic acids is 1. The monoisotopic (exact) mass is 241 g/mol. The second-order valence-corrected chi connectivity index (χ2v) is 4.80. The van der Waals surface area contributed by atoms with Gasteiger partial charge in [-0.15, -0.1) is 0 Å². The first kappa shape index (κ1) is 11.2. The smallest absolute Gasteiger partial charge is 0.322 e. The molecule has 1 fully saturated rings. The van der Waals surface area contributed by atoms with E-state index in [9.17, 15) is 4.79 Å². The molecule has 3 atom stereocenters. The molecule has 3 nitrogen and oxygen atoms in total. The Morgan fingerprint density at radius 3 is 2.72 bits per heavy atom. The molecule has 3 unspecified atom stereocenters. The summed E-state index contributed by atoms with van der Waals surface area (Å²) in [5.74, 6) is -0.720. The molecular weight excluding hydrogens is 226 g/mol. The molecule has 92 valence electrons. The van der Waals surface area contributed by atoms with Gasteiger partial charge in [-0.25, -0.2) is 0 Å². The maximum absolute atomic E-state index is 10.9. The fourth-order valence-electron chi connectivity index (χ4n) is 2.59. The van der Waals surface area contributed by atoms with Gasteiger partial charge in [-0.1, -0.05) is 42.5 Å². The van der Waals surface area contributed by atoms with E-state index in [1.807, 2.05) is 23.1 Å². The zero-order valence-corrected chi connectivity index (χ0v) is 10.2. The molecule has 0 amide bonds. The molecule has 0 spiro atoms. The number of carboxylic acid groups (broad SMARTS) is 1. The van der Waals surface area contributed by atoms with Gasteiger partial charge in [0.15, 0.2) is 0 Å². The zero-order valence-electron chi connectivity index (χ0n) is 10.2.